The number of hydrogen-bond acceptors (Lipinski definition) is 9. The van der Waals surface area contributed by atoms with Crippen LogP contribution in [0.15, 0.2) is 59.4 Å². The zero-order valence-electron chi connectivity index (χ0n) is 26.0. The molecular formula is C32H31ClF2N8O3S. The summed E-state index contributed by atoms with van der Waals surface area (Å²) in [6.07, 6.45) is 0.933. The molecular weight excluding hydrogens is 650 g/mol. The van der Waals surface area contributed by atoms with Crippen molar-refractivity contribution < 1.29 is 17.2 Å². The van der Waals surface area contributed by atoms with Crippen molar-refractivity contribution in [1.29, 1.82) is 5.41 Å². The molecule has 5 aromatic rings. The molecule has 0 saturated heterocycles. The van der Waals surface area contributed by atoms with Crippen LogP contribution in [0, 0.1) is 30.9 Å². The Kier molecular flexibility index (Phi) is 9.39. The molecule has 15 heteroatoms. The Hall–Kier alpha value is -4.79. The Morgan fingerprint density at radius 2 is 1.64 bits per heavy atom. The van der Waals surface area contributed by atoms with Crippen molar-refractivity contribution in [1.82, 2.24) is 29.6 Å². The Bertz CT molecular complexity index is 2190. The Morgan fingerprint density at radius 1 is 0.979 bits per heavy atom. The molecule has 0 spiro atoms. The predicted octanol–water partition coefficient (Wildman–Crippen LogP) is 4.81. The molecule has 0 bridgehead atoms. The van der Waals surface area contributed by atoms with Crippen LogP contribution in [-0.2, 0) is 16.4 Å². The average Bonchev–Trinajstić information content (AvgIpc) is 2.97. The number of likely N-dealkylation sites (N-methyl/N-ethyl adjacent to an activating group) is 1. The van der Waals surface area contributed by atoms with E-state index >= 15 is 0 Å². The molecule has 5 rings (SSSR count). The van der Waals surface area contributed by atoms with Crippen molar-refractivity contribution in [3.63, 3.8) is 0 Å². The smallest absolute Gasteiger partial charge is 0.266 e. The molecule has 1 atom stereocenters. The van der Waals surface area contributed by atoms with E-state index in [9.17, 15) is 22.0 Å². The van der Waals surface area contributed by atoms with Gasteiger partial charge in [0.25, 0.3) is 5.56 Å². The van der Waals surface area contributed by atoms with Crippen LogP contribution in [0.2, 0.25) is 5.02 Å². The summed E-state index contributed by atoms with van der Waals surface area (Å²) in [5.74, 6) is -1.41. The molecule has 11 nitrogen and oxygen atoms in total. The summed E-state index contributed by atoms with van der Waals surface area (Å²) in [5, 5.41) is 14.8. The largest absolute Gasteiger partial charge is 0.386 e. The minimum absolute atomic E-state index is 0.00874. The van der Waals surface area contributed by atoms with E-state index in [0.29, 0.717) is 22.5 Å². The number of rotatable bonds is 9. The Balaban J connectivity index is 1.81. The number of sulfonamides is 1. The molecule has 0 aliphatic carbocycles. The number of nitrogens with one attached hydrogen (secondary N) is 4. The van der Waals surface area contributed by atoms with Gasteiger partial charge in [-0.2, -0.15) is 0 Å². The highest BCUT2D eigenvalue weighted by Crippen LogP contribution is 2.33. The Morgan fingerprint density at radius 3 is 2.23 bits per heavy atom. The molecule has 47 heavy (non-hydrogen) atoms. The van der Waals surface area contributed by atoms with Crippen LogP contribution in [0.5, 0.6) is 0 Å². The van der Waals surface area contributed by atoms with Gasteiger partial charge in [0.2, 0.25) is 10.0 Å². The number of halogens is 3. The van der Waals surface area contributed by atoms with E-state index in [4.69, 9.17) is 22.0 Å². The topological polar surface area (TPSA) is 155 Å². The fourth-order valence-electron chi connectivity index (χ4n) is 5.44. The number of aryl methyl sites for hydroxylation is 2. The maximum Gasteiger partial charge on any atom is 0.266 e. The zero-order valence-corrected chi connectivity index (χ0v) is 27.6. The minimum atomic E-state index is -3.85. The summed E-state index contributed by atoms with van der Waals surface area (Å²) in [6.45, 7) is 3.71. The lowest BCUT2D eigenvalue weighted by Gasteiger charge is -2.24. The molecule has 0 aliphatic heterocycles. The number of fused-ring (bicyclic) bond motifs is 1. The van der Waals surface area contributed by atoms with Gasteiger partial charge in [-0.25, -0.2) is 32.2 Å². The van der Waals surface area contributed by atoms with Crippen LogP contribution in [0.3, 0.4) is 0 Å². The van der Waals surface area contributed by atoms with Crippen LogP contribution in [0.4, 0.5) is 14.5 Å². The minimum Gasteiger partial charge on any atom is -0.386 e. The molecule has 0 aliphatic rings. The number of anilines is 1. The lowest BCUT2D eigenvalue weighted by atomic mass is 10.0. The van der Waals surface area contributed by atoms with Crippen LogP contribution in [0.1, 0.15) is 34.4 Å². The quantitative estimate of drug-likeness (QED) is 0.128. The van der Waals surface area contributed by atoms with E-state index in [0.717, 1.165) is 23.7 Å². The first-order valence-electron chi connectivity index (χ1n) is 14.3. The molecule has 3 aromatic carbocycles. The van der Waals surface area contributed by atoms with Crippen LogP contribution in [-0.4, -0.2) is 54.1 Å². The second-order valence-electron chi connectivity index (χ2n) is 11.0. The van der Waals surface area contributed by atoms with Gasteiger partial charge >= 0.3 is 0 Å². The number of hydrogen-bond donors (Lipinski definition) is 4. The van der Waals surface area contributed by atoms with E-state index in [1.165, 1.54) is 35.9 Å². The van der Waals surface area contributed by atoms with E-state index in [1.54, 1.807) is 25.2 Å². The molecule has 0 radical (unpaired) electrons. The third-order valence-corrected chi connectivity index (χ3v) is 8.21. The van der Waals surface area contributed by atoms with Crippen molar-refractivity contribution in [3.8, 4) is 17.1 Å². The second kappa shape index (κ2) is 13.1. The number of amidine groups is 1. The third-order valence-electron chi connectivity index (χ3n) is 7.32. The maximum atomic E-state index is 14.5. The second-order valence-corrected chi connectivity index (χ2v) is 13.1. The van der Waals surface area contributed by atoms with Crippen LogP contribution >= 0.6 is 11.6 Å². The van der Waals surface area contributed by atoms with Crippen molar-refractivity contribution in [2.45, 2.75) is 26.3 Å². The van der Waals surface area contributed by atoms with Gasteiger partial charge in [0, 0.05) is 30.1 Å². The van der Waals surface area contributed by atoms with Gasteiger partial charge in [-0.3, -0.25) is 19.5 Å². The summed E-state index contributed by atoms with van der Waals surface area (Å²) < 4.78 is 55.9. The average molecular weight is 681 g/mol. The first-order chi connectivity index (χ1) is 22.2. The number of benzene rings is 3. The van der Waals surface area contributed by atoms with Gasteiger partial charge in [-0.1, -0.05) is 17.7 Å². The fraction of sp³-hybridized carbons (Fsp3) is 0.219. The molecule has 2 aromatic heterocycles. The molecule has 2 heterocycles. The SMILES string of the molecule is CNc1c(-n2c(C(Cc3cc(F)cc(F)c3)NC)nc3cc(-c4nc(C)cc(C)n4)ccc3c2=O)ccc(Cl)c1C(=N)NS(C)(=O)=O. The van der Waals surface area contributed by atoms with Gasteiger partial charge < -0.3 is 10.6 Å². The van der Waals surface area contributed by atoms with Crippen molar-refractivity contribution in [2.24, 2.45) is 0 Å². The van der Waals surface area contributed by atoms with Crippen LogP contribution in [0.25, 0.3) is 28.0 Å². The molecule has 1 unspecified atom stereocenters. The van der Waals surface area contributed by atoms with E-state index in [-0.39, 0.29) is 39.6 Å². The maximum absolute atomic E-state index is 14.5. The summed E-state index contributed by atoms with van der Waals surface area (Å²) in [6, 6.07) is 12.2. The summed E-state index contributed by atoms with van der Waals surface area (Å²) in [7, 11) is -0.692. The van der Waals surface area contributed by atoms with Gasteiger partial charge in [0.1, 0.15) is 23.3 Å². The summed E-state index contributed by atoms with van der Waals surface area (Å²) in [4.78, 5) is 28.5. The van der Waals surface area contributed by atoms with Crippen molar-refractivity contribution >= 4 is 44.1 Å². The third kappa shape index (κ3) is 7.14. The summed E-state index contributed by atoms with van der Waals surface area (Å²) in [5.41, 5.74) is 2.64. The van der Waals surface area contributed by atoms with Gasteiger partial charge in [0.15, 0.2) is 5.82 Å². The van der Waals surface area contributed by atoms with E-state index in [2.05, 4.69) is 25.3 Å². The van der Waals surface area contributed by atoms with Gasteiger partial charge in [-0.15, -0.1) is 0 Å². The molecule has 0 amide bonds. The van der Waals surface area contributed by atoms with E-state index < -0.39 is 39.1 Å². The first-order valence-corrected chi connectivity index (χ1v) is 16.5. The molecule has 244 valence electrons. The Labute approximate surface area is 274 Å². The lowest BCUT2D eigenvalue weighted by molar-refractivity contribution is 0.532. The van der Waals surface area contributed by atoms with Crippen LogP contribution < -0.4 is 20.9 Å². The first kappa shape index (κ1) is 33.6. The molecule has 0 saturated carbocycles. The van der Waals surface area contributed by atoms with Crippen molar-refractivity contribution in [2.75, 3.05) is 25.7 Å². The number of aromatic nitrogens is 4. The lowest BCUT2D eigenvalue weighted by Crippen LogP contribution is -2.33. The monoisotopic (exact) mass is 680 g/mol. The fourth-order valence-corrected chi connectivity index (χ4v) is 6.16. The zero-order chi connectivity index (χ0) is 34.2. The van der Waals surface area contributed by atoms with Crippen molar-refractivity contribution in [3.05, 3.63) is 110 Å². The molecule has 0 fully saturated rings. The normalized spacial score (nSPS) is 12.3. The molecule has 4 N–H and O–H groups in total. The van der Waals surface area contributed by atoms with Gasteiger partial charge in [0.05, 0.1) is 45.2 Å². The highest BCUT2D eigenvalue weighted by atomic mass is 35.5. The standard InChI is InChI=1S/C32H31ClF2N8O3S/c1-16-10-17(2)40-30(39-16)19-6-7-22-24(14-19)41-31(25(37-3)13-18-11-20(34)15-21(35)12-18)43(32(22)44)26-9-8-23(33)27(28(26)38-4)29(36)42-47(5,45)46/h6-12,14-15,25,37-38H,13H2,1-5H3,(H2,36,42). The predicted molar refractivity (Wildman–Crippen MR) is 179 cm³/mol. The highest BCUT2D eigenvalue weighted by molar-refractivity contribution is 7.89. The van der Waals surface area contributed by atoms with E-state index in [1.807, 2.05) is 19.9 Å². The number of nitrogens with zero attached hydrogens (tertiary/aromatic N) is 4. The highest BCUT2D eigenvalue weighted by Gasteiger charge is 2.26. The van der Waals surface area contributed by atoms with Gasteiger partial charge in [-0.05, 0) is 75.3 Å². The summed E-state index contributed by atoms with van der Waals surface area (Å²) >= 11 is 6.48.